The summed E-state index contributed by atoms with van der Waals surface area (Å²) in [5, 5.41) is 0.676. The third-order valence-electron chi connectivity index (χ3n) is 1.89. The molecule has 1 aromatic carbocycles. The van der Waals surface area contributed by atoms with Crippen LogP contribution >= 0.6 is 11.6 Å². The highest BCUT2D eigenvalue weighted by Crippen LogP contribution is 2.15. The number of rotatable bonds is 5. The van der Waals surface area contributed by atoms with E-state index in [4.69, 9.17) is 16.3 Å². The molecule has 0 aliphatic carbocycles. The Bertz CT molecular complexity index is 325. The van der Waals surface area contributed by atoms with Crippen molar-refractivity contribution >= 4 is 17.6 Å². The van der Waals surface area contributed by atoms with Crippen molar-refractivity contribution in [3.8, 4) is 0 Å². The van der Waals surface area contributed by atoms with E-state index in [1.807, 2.05) is 18.2 Å². The molecule has 15 heavy (non-hydrogen) atoms. The quantitative estimate of drug-likeness (QED) is 0.574. The number of esters is 1. The minimum absolute atomic E-state index is 0.265. The standard InChI is InChI=1S/C11H13ClO3/c1-14-11(13)6-7-15-8-9-4-2-3-5-10(9)12/h2-5H,6-8H2,1H3. The molecule has 1 rings (SSSR count). The summed E-state index contributed by atoms with van der Waals surface area (Å²) in [4.78, 5) is 10.8. The van der Waals surface area contributed by atoms with Crippen molar-refractivity contribution in [1.82, 2.24) is 0 Å². The number of ether oxygens (including phenoxy) is 2. The average molecular weight is 229 g/mol. The van der Waals surface area contributed by atoms with Crippen LogP contribution in [0.5, 0.6) is 0 Å². The van der Waals surface area contributed by atoms with Crippen LogP contribution < -0.4 is 0 Å². The zero-order valence-electron chi connectivity index (χ0n) is 8.53. The van der Waals surface area contributed by atoms with Crippen LogP contribution in [0.3, 0.4) is 0 Å². The summed E-state index contributed by atoms with van der Waals surface area (Å²) in [6.45, 7) is 0.758. The molecule has 0 bridgehead atoms. The Kier molecular flexibility index (Phi) is 5.15. The summed E-state index contributed by atoms with van der Waals surface area (Å²) in [6.07, 6.45) is 0.265. The second-order valence-corrected chi connectivity index (χ2v) is 3.38. The lowest BCUT2D eigenvalue weighted by atomic mass is 10.2. The number of carbonyl (C=O) groups excluding carboxylic acids is 1. The first-order valence-electron chi connectivity index (χ1n) is 4.62. The van der Waals surface area contributed by atoms with E-state index in [-0.39, 0.29) is 12.4 Å². The van der Waals surface area contributed by atoms with Gasteiger partial charge in [-0.3, -0.25) is 4.79 Å². The molecule has 0 fully saturated rings. The fourth-order valence-electron chi connectivity index (χ4n) is 1.06. The molecular formula is C11H13ClO3. The molecule has 0 saturated heterocycles. The number of hydrogen-bond donors (Lipinski definition) is 0. The molecule has 82 valence electrons. The van der Waals surface area contributed by atoms with Gasteiger partial charge >= 0.3 is 5.97 Å². The van der Waals surface area contributed by atoms with Gasteiger partial charge in [0.25, 0.3) is 0 Å². The van der Waals surface area contributed by atoms with E-state index < -0.39 is 0 Å². The normalized spacial score (nSPS) is 10.0. The van der Waals surface area contributed by atoms with Crippen LogP contribution in [0.2, 0.25) is 5.02 Å². The summed E-state index contributed by atoms with van der Waals surface area (Å²) in [5.41, 5.74) is 0.920. The number of carbonyl (C=O) groups is 1. The first-order valence-corrected chi connectivity index (χ1v) is 5.00. The zero-order valence-corrected chi connectivity index (χ0v) is 9.29. The van der Waals surface area contributed by atoms with Crippen molar-refractivity contribution in [1.29, 1.82) is 0 Å². The number of methoxy groups -OCH3 is 1. The molecule has 0 aliphatic heterocycles. The van der Waals surface area contributed by atoms with Crippen LogP contribution in [0.1, 0.15) is 12.0 Å². The van der Waals surface area contributed by atoms with E-state index in [2.05, 4.69) is 4.74 Å². The summed E-state index contributed by atoms with van der Waals surface area (Å²) in [7, 11) is 1.36. The van der Waals surface area contributed by atoms with Crippen LogP contribution in [0, 0.1) is 0 Å². The summed E-state index contributed by atoms with van der Waals surface area (Å²) in [5.74, 6) is -0.269. The third-order valence-corrected chi connectivity index (χ3v) is 2.26. The van der Waals surface area contributed by atoms with E-state index in [0.29, 0.717) is 18.2 Å². The fourth-order valence-corrected chi connectivity index (χ4v) is 1.25. The van der Waals surface area contributed by atoms with Gasteiger partial charge in [-0.05, 0) is 11.6 Å². The lowest BCUT2D eigenvalue weighted by Crippen LogP contribution is -2.05. The molecule has 0 aliphatic rings. The molecule has 0 atom stereocenters. The maximum atomic E-state index is 10.8. The van der Waals surface area contributed by atoms with Crippen molar-refractivity contribution in [3.63, 3.8) is 0 Å². The highest BCUT2D eigenvalue weighted by Gasteiger charge is 2.01. The highest BCUT2D eigenvalue weighted by atomic mass is 35.5. The highest BCUT2D eigenvalue weighted by molar-refractivity contribution is 6.31. The third kappa shape index (κ3) is 4.32. The van der Waals surface area contributed by atoms with Crippen molar-refractivity contribution < 1.29 is 14.3 Å². The molecule has 0 aromatic heterocycles. The molecule has 3 nitrogen and oxygen atoms in total. The van der Waals surface area contributed by atoms with Crippen LogP contribution in [-0.4, -0.2) is 19.7 Å². The molecule has 0 amide bonds. The van der Waals surface area contributed by atoms with Gasteiger partial charge in [-0.1, -0.05) is 29.8 Å². The smallest absolute Gasteiger partial charge is 0.307 e. The SMILES string of the molecule is COC(=O)CCOCc1ccccc1Cl. The Morgan fingerprint density at radius 1 is 1.40 bits per heavy atom. The molecule has 1 aromatic rings. The molecule has 0 N–H and O–H groups in total. The predicted octanol–water partition coefficient (Wildman–Crippen LogP) is 2.42. The van der Waals surface area contributed by atoms with Gasteiger partial charge in [0.2, 0.25) is 0 Å². The van der Waals surface area contributed by atoms with Crippen LogP contribution in [0.25, 0.3) is 0 Å². The second kappa shape index (κ2) is 6.43. The topological polar surface area (TPSA) is 35.5 Å². The number of benzene rings is 1. The number of hydrogen-bond acceptors (Lipinski definition) is 3. The van der Waals surface area contributed by atoms with Gasteiger partial charge in [0.05, 0.1) is 26.7 Å². The molecule has 4 heteroatoms. The van der Waals surface area contributed by atoms with Crippen LogP contribution in [-0.2, 0) is 20.9 Å². The Balaban J connectivity index is 2.26. The van der Waals surface area contributed by atoms with Crippen molar-refractivity contribution in [3.05, 3.63) is 34.9 Å². The van der Waals surface area contributed by atoms with E-state index in [0.717, 1.165) is 5.56 Å². The number of halogens is 1. The van der Waals surface area contributed by atoms with Gasteiger partial charge in [-0.25, -0.2) is 0 Å². The van der Waals surface area contributed by atoms with E-state index in [1.165, 1.54) is 7.11 Å². The predicted molar refractivity (Wildman–Crippen MR) is 57.7 cm³/mol. The maximum absolute atomic E-state index is 10.8. The Labute approximate surface area is 93.9 Å². The van der Waals surface area contributed by atoms with Crippen LogP contribution in [0.4, 0.5) is 0 Å². The van der Waals surface area contributed by atoms with Crippen molar-refractivity contribution in [2.75, 3.05) is 13.7 Å². The van der Waals surface area contributed by atoms with E-state index in [9.17, 15) is 4.79 Å². The fraction of sp³-hybridized carbons (Fsp3) is 0.364. The summed E-state index contributed by atoms with van der Waals surface area (Å²) >= 11 is 5.92. The Morgan fingerprint density at radius 3 is 2.80 bits per heavy atom. The molecule has 0 radical (unpaired) electrons. The van der Waals surface area contributed by atoms with Gasteiger partial charge in [-0.15, -0.1) is 0 Å². The summed E-state index contributed by atoms with van der Waals surface area (Å²) < 4.78 is 9.77. The Morgan fingerprint density at radius 2 is 2.13 bits per heavy atom. The van der Waals surface area contributed by atoms with Crippen molar-refractivity contribution in [2.45, 2.75) is 13.0 Å². The first-order chi connectivity index (χ1) is 7.24. The lowest BCUT2D eigenvalue weighted by molar-refractivity contribution is -0.141. The van der Waals surface area contributed by atoms with Crippen LogP contribution in [0.15, 0.2) is 24.3 Å². The molecule has 0 saturated carbocycles. The lowest BCUT2D eigenvalue weighted by Gasteiger charge is -2.05. The largest absolute Gasteiger partial charge is 0.469 e. The van der Waals surface area contributed by atoms with Gasteiger partial charge in [0, 0.05) is 5.02 Å². The zero-order chi connectivity index (χ0) is 11.1. The summed E-state index contributed by atoms with van der Waals surface area (Å²) in [6, 6.07) is 7.45. The molecule has 0 spiro atoms. The van der Waals surface area contributed by atoms with Gasteiger partial charge in [-0.2, -0.15) is 0 Å². The maximum Gasteiger partial charge on any atom is 0.307 e. The minimum Gasteiger partial charge on any atom is -0.469 e. The molecule has 0 unspecified atom stereocenters. The van der Waals surface area contributed by atoms with Gasteiger partial charge in [0.15, 0.2) is 0 Å². The van der Waals surface area contributed by atoms with Crippen molar-refractivity contribution in [2.24, 2.45) is 0 Å². The second-order valence-electron chi connectivity index (χ2n) is 2.97. The monoisotopic (exact) mass is 228 g/mol. The first kappa shape index (κ1) is 12.0. The van der Waals surface area contributed by atoms with E-state index in [1.54, 1.807) is 6.07 Å². The molecular weight excluding hydrogens is 216 g/mol. The average Bonchev–Trinajstić information content (AvgIpc) is 2.26. The molecule has 0 heterocycles. The Hall–Kier alpha value is -1.06. The van der Waals surface area contributed by atoms with E-state index >= 15 is 0 Å². The van der Waals surface area contributed by atoms with Gasteiger partial charge in [0.1, 0.15) is 0 Å². The minimum atomic E-state index is -0.269. The van der Waals surface area contributed by atoms with Gasteiger partial charge < -0.3 is 9.47 Å².